The van der Waals surface area contributed by atoms with Gasteiger partial charge in [-0.15, -0.1) is 0 Å². The largest absolute Gasteiger partial charge is 0.396 e. The van der Waals surface area contributed by atoms with Crippen LogP contribution in [-0.4, -0.2) is 97.9 Å². The third-order valence-corrected chi connectivity index (χ3v) is 5.96. The first-order valence-electron chi connectivity index (χ1n) is 9.99. The Kier molecular flexibility index (Phi) is 6.86. The second-order valence-electron chi connectivity index (χ2n) is 8.05. The Labute approximate surface area is 158 Å². The monoisotopic (exact) mass is 361 g/mol. The van der Waals surface area contributed by atoms with Gasteiger partial charge in [0.15, 0.2) is 0 Å². The van der Waals surface area contributed by atoms with Crippen molar-refractivity contribution in [3.8, 4) is 0 Å². The molecule has 2 aliphatic heterocycles. The molecule has 0 aromatic carbocycles. The van der Waals surface area contributed by atoms with Gasteiger partial charge in [-0.1, -0.05) is 13.0 Å². The highest BCUT2D eigenvalue weighted by atomic mass is 16.3. The third kappa shape index (κ3) is 4.94. The van der Waals surface area contributed by atoms with E-state index in [2.05, 4.69) is 38.7 Å². The Bertz CT molecular complexity index is 542. The van der Waals surface area contributed by atoms with E-state index in [1.165, 1.54) is 31.7 Å². The number of nitrogens with zero attached hydrogens (tertiary/aromatic N) is 5. The number of aromatic nitrogens is 1. The van der Waals surface area contributed by atoms with E-state index >= 15 is 0 Å². The highest BCUT2D eigenvalue weighted by Crippen LogP contribution is 2.26. The van der Waals surface area contributed by atoms with Crippen LogP contribution in [0.15, 0.2) is 18.3 Å². The van der Waals surface area contributed by atoms with Crippen LogP contribution in [0.5, 0.6) is 0 Å². The van der Waals surface area contributed by atoms with Gasteiger partial charge >= 0.3 is 0 Å². The fourth-order valence-electron chi connectivity index (χ4n) is 4.23. The van der Waals surface area contributed by atoms with E-state index in [0.717, 1.165) is 38.5 Å². The Morgan fingerprint density at radius 1 is 1.04 bits per heavy atom. The predicted octanol–water partition coefficient (Wildman–Crippen LogP) is 0.825. The van der Waals surface area contributed by atoms with Gasteiger partial charge in [0.1, 0.15) is 5.82 Å². The quantitative estimate of drug-likeness (QED) is 0.776. The SMILES string of the molecule is CCN1CCN(C[C@H]2CN(Cc3ccc(N(C)C)nc3)C[C@H]2CO)CC1. The Hall–Kier alpha value is -1.21. The molecule has 3 heterocycles. The van der Waals surface area contributed by atoms with Crippen molar-refractivity contribution in [3.63, 3.8) is 0 Å². The maximum absolute atomic E-state index is 9.86. The number of aliphatic hydroxyl groups is 1. The number of anilines is 1. The molecule has 1 N–H and O–H groups in total. The number of pyridine rings is 1. The van der Waals surface area contributed by atoms with Gasteiger partial charge in [-0.2, -0.15) is 0 Å². The minimum atomic E-state index is 0.300. The van der Waals surface area contributed by atoms with Crippen molar-refractivity contribution in [2.75, 3.05) is 78.0 Å². The summed E-state index contributed by atoms with van der Waals surface area (Å²) in [5.74, 6) is 1.96. The molecule has 6 heteroatoms. The fraction of sp³-hybridized carbons (Fsp3) is 0.750. The molecule has 26 heavy (non-hydrogen) atoms. The van der Waals surface area contributed by atoms with Crippen molar-refractivity contribution < 1.29 is 5.11 Å². The van der Waals surface area contributed by atoms with Crippen LogP contribution in [0.2, 0.25) is 0 Å². The molecule has 1 aromatic heterocycles. The topological polar surface area (TPSA) is 46.1 Å². The molecular weight excluding hydrogens is 326 g/mol. The van der Waals surface area contributed by atoms with Crippen molar-refractivity contribution >= 4 is 5.82 Å². The standard InChI is InChI=1S/C20H35N5O/c1-4-23-7-9-24(10-8-23)13-18-14-25(15-19(18)16-26)12-17-5-6-20(21-11-17)22(2)3/h5-6,11,18-19,26H,4,7-10,12-16H2,1-3H3/t18-,19-/m0/s1. The normalized spacial score (nSPS) is 25.7. The first-order chi connectivity index (χ1) is 12.6. The van der Waals surface area contributed by atoms with Gasteiger partial charge in [-0.05, 0) is 30.0 Å². The van der Waals surface area contributed by atoms with Gasteiger partial charge in [-0.3, -0.25) is 4.90 Å². The van der Waals surface area contributed by atoms with Gasteiger partial charge in [0.05, 0.1) is 0 Å². The first-order valence-corrected chi connectivity index (χ1v) is 9.99. The van der Waals surface area contributed by atoms with Crippen molar-refractivity contribution in [2.45, 2.75) is 13.5 Å². The van der Waals surface area contributed by atoms with Gasteiger partial charge in [-0.25, -0.2) is 4.98 Å². The maximum Gasteiger partial charge on any atom is 0.127 e. The molecule has 2 atom stereocenters. The van der Waals surface area contributed by atoms with Crippen molar-refractivity contribution in [3.05, 3.63) is 23.9 Å². The highest BCUT2D eigenvalue weighted by molar-refractivity contribution is 5.37. The molecule has 0 radical (unpaired) electrons. The lowest BCUT2D eigenvalue weighted by molar-refractivity contribution is 0.106. The van der Waals surface area contributed by atoms with Crippen LogP contribution >= 0.6 is 0 Å². The van der Waals surface area contributed by atoms with E-state index in [1.807, 2.05) is 25.2 Å². The summed E-state index contributed by atoms with van der Waals surface area (Å²) in [6.45, 7) is 12.5. The highest BCUT2D eigenvalue weighted by Gasteiger charge is 2.33. The zero-order valence-electron chi connectivity index (χ0n) is 16.6. The van der Waals surface area contributed by atoms with Crippen LogP contribution < -0.4 is 4.90 Å². The van der Waals surface area contributed by atoms with Crippen LogP contribution in [0.25, 0.3) is 0 Å². The number of hydrogen-bond donors (Lipinski definition) is 1. The zero-order valence-corrected chi connectivity index (χ0v) is 16.6. The van der Waals surface area contributed by atoms with Gasteiger partial charge < -0.3 is 19.8 Å². The third-order valence-electron chi connectivity index (χ3n) is 5.96. The second kappa shape index (κ2) is 9.13. The van der Waals surface area contributed by atoms with Gasteiger partial charge in [0, 0.05) is 79.3 Å². The summed E-state index contributed by atoms with van der Waals surface area (Å²) in [5, 5.41) is 9.86. The van der Waals surface area contributed by atoms with Crippen molar-refractivity contribution in [2.24, 2.45) is 11.8 Å². The van der Waals surface area contributed by atoms with E-state index < -0.39 is 0 Å². The Balaban J connectivity index is 1.52. The lowest BCUT2D eigenvalue weighted by atomic mass is 9.96. The molecule has 0 spiro atoms. The molecule has 0 bridgehead atoms. The number of piperazine rings is 1. The summed E-state index contributed by atoms with van der Waals surface area (Å²) in [5.41, 5.74) is 1.25. The van der Waals surface area contributed by atoms with E-state index in [9.17, 15) is 5.11 Å². The summed E-state index contributed by atoms with van der Waals surface area (Å²) in [6, 6.07) is 4.26. The molecule has 2 aliphatic rings. The molecule has 0 amide bonds. The molecular formula is C20H35N5O. The predicted molar refractivity (Wildman–Crippen MR) is 106 cm³/mol. The molecule has 2 fully saturated rings. The van der Waals surface area contributed by atoms with Gasteiger partial charge in [0.25, 0.3) is 0 Å². The summed E-state index contributed by atoms with van der Waals surface area (Å²) in [6.07, 6.45) is 1.99. The van der Waals surface area contributed by atoms with Crippen molar-refractivity contribution in [1.82, 2.24) is 19.7 Å². The lowest BCUT2D eigenvalue weighted by Gasteiger charge is -2.36. The Morgan fingerprint density at radius 3 is 2.31 bits per heavy atom. The average molecular weight is 362 g/mol. The molecule has 146 valence electrons. The second-order valence-corrected chi connectivity index (χ2v) is 8.05. The number of likely N-dealkylation sites (tertiary alicyclic amines) is 1. The molecule has 6 nitrogen and oxygen atoms in total. The van der Waals surface area contributed by atoms with E-state index in [4.69, 9.17) is 0 Å². The van der Waals surface area contributed by atoms with Crippen LogP contribution in [0.3, 0.4) is 0 Å². The van der Waals surface area contributed by atoms with Crippen LogP contribution in [0.1, 0.15) is 12.5 Å². The van der Waals surface area contributed by atoms with Crippen molar-refractivity contribution in [1.29, 1.82) is 0 Å². The van der Waals surface area contributed by atoms with E-state index in [-0.39, 0.29) is 0 Å². The van der Waals surface area contributed by atoms with Gasteiger partial charge in [0.2, 0.25) is 0 Å². The lowest BCUT2D eigenvalue weighted by Crippen LogP contribution is -2.48. The van der Waals surface area contributed by atoms with Crippen LogP contribution in [0.4, 0.5) is 5.82 Å². The molecule has 0 aliphatic carbocycles. The summed E-state index contributed by atoms with van der Waals surface area (Å²) >= 11 is 0. The summed E-state index contributed by atoms with van der Waals surface area (Å²) in [7, 11) is 4.03. The van der Waals surface area contributed by atoms with E-state index in [1.54, 1.807) is 0 Å². The number of rotatable bonds is 7. The molecule has 0 unspecified atom stereocenters. The molecule has 3 rings (SSSR count). The van der Waals surface area contributed by atoms with E-state index in [0.29, 0.717) is 18.4 Å². The smallest absolute Gasteiger partial charge is 0.127 e. The van der Waals surface area contributed by atoms with Crippen LogP contribution in [-0.2, 0) is 6.54 Å². The molecule has 1 aromatic rings. The zero-order chi connectivity index (χ0) is 18.5. The maximum atomic E-state index is 9.86. The average Bonchev–Trinajstić information content (AvgIpc) is 3.04. The minimum Gasteiger partial charge on any atom is -0.396 e. The summed E-state index contributed by atoms with van der Waals surface area (Å²) in [4.78, 5) is 14.1. The number of likely N-dealkylation sites (N-methyl/N-ethyl adjacent to an activating group) is 1. The Morgan fingerprint density at radius 2 is 1.73 bits per heavy atom. The fourth-order valence-corrected chi connectivity index (χ4v) is 4.23. The van der Waals surface area contributed by atoms with Crippen LogP contribution in [0, 0.1) is 11.8 Å². The molecule has 2 saturated heterocycles. The molecule has 0 saturated carbocycles. The number of aliphatic hydroxyl groups excluding tert-OH is 1. The minimum absolute atomic E-state index is 0.300. The number of hydrogen-bond acceptors (Lipinski definition) is 6. The summed E-state index contributed by atoms with van der Waals surface area (Å²) < 4.78 is 0. The first kappa shape index (κ1) is 19.5.